The highest BCUT2D eigenvalue weighted by Crippen LogP contribution is 2.42. The van der Waals surface area contributed by atoms with E-state index in [2.05, 4.69) is 46.6 Å². The zero-order valence-electron chi connectivity index (χ0n) is 17.0. The van der Waals surface area contributed by atoms with Crippen molar-refractivity contribution in [3.05, 3.63) is 76.7 Å². The maximum Gasteiger partial charge on any atom is 0.261 e. The lowest BCUT2D eigenvalue weighted by molar-refractivity contribution is 0.0934. The third kappa shape index (κ3) is 4.13. The van der Waals surface area contributed by atoms with Crippen LogP contribution in [0.2, 0.25) is 0 Å². The van der Waals surface area contributed by atoms with E-state index in [0.29, 0.717) is 12.5 Å². The van der Waals surface area contributed by atoms with E-state index in [1.807, 2.05) is 24.3 Å². The molecule has 30 heavy (non-hydrogen) atoms. The summed E-state index contributed by atoms with van der Waals surface area (Å²) in [5, 5.41) is 3.19. The van der Waals surface area contributed by atoms with Gasteiger partial charge in [0, 0.05) is 35.6 Å². The molecule has 4 nitrogen and oxygen atoms in total. The summed E-state index contributed by atoms with van der Waals surface area (Å²) in [5.74, 6) is 1.44. The van der Waals surface area contributed by atoms with E-state index in [1.54, 1.807) is 11.3 Å². The van der Waals surface area contributed by atoms with E-state index < -0.39 is 0 Å². The number of thiophene rings is 1. The molecule has 5 heteroatoms. The molecule has 3 heterocycles. The Morgan fingerprint density at radius 1 is 1.13 bits per heavy atom. The lowest BCUT2D eigenvalue weighted by atomic mass is 9.97. The molecule has 5 rings (SSSR count). The number of nitrogens with zero attached hydrogens (tertiary/aromatic N) is 1. The average Bonchev–Trinajstić information content (AvgIpc) is 3.24. The first-order chi connectivity index (χ1) is 14.8. The molecule has 3 aromatic rings. The lowest BCUT2D eigenvalue weighted by Crippen LogP contribution is -2.40. The molecular weight excluding hydrogens is 392 g/mol. The summed E-state index contributed by atoms with van der Waals surface area (Å²) in [7, 11) is 0. The Bertz CT molecular complexity index is 1030. The molecule has 154 valence electrons. The fourth-order valence-corrected chi connectivity index (χ4v) is 5.55. The van der Waals surface area contributed by atoms with E-state index in [-0.39, 0.29) is 5.91 Å². The normalized spacial score (nSPS) is 18.2. The highest BCUT2D eigenvalue weighted by Gasteiger charge is 2.24. The molecule has 2 aliphatic rings. The number of carbonyl (C=O) groups is 1. The van der Waals surface area contributed by atoms with E-state index in [0.717, 1.165) is 52.8 Å². The third-order valence-corrected chi connectivity index (χ3v) is 7.16. The van der Waals surface area contributed by atoms with Crippen LogP contribution in [0.4, 0.5) is 0 Å². The number of benzene rings is 2. The second kappa shape index (κ2) is 8.62. The number of rotatable bonds is 5. The summed E-state index contributed by atoms with van der Waals surface area (Å²) in [4.78, 5) is 17.3. The maximum atomic E-state index is 12.8. The third-order valence-electron chi connectivity index (χ3n) is 5.95. The fraction of sp³-hybridized carbons (Fsp3) is 0.320. The molecule has 0 saturated carbocycles. The molecule has 2 aliphatic heterocycles. The molecule has 1 aromatic heterocycles. The van der Waals surface area contributed by atoms with Crippen molar-refractivity contribution in [2.24, 2.45) is 5.92 Å². The largest absolute Gasteiger partial charge is 0.488 e. The first-order valence-electron chi connectivity index (χ1n) is 10.7. The van der Waals surface area contributed by atoms with Gasteiger partial charge in [-0.05, 0) is 49.1 Å². The number of para-hydroxylation sites is 1. The van der Waals surface area contributed by atoms with Crippen molar-refractivity contribution in [1.29, 1.82) is 0 Å². The molecule has 0 aliphatic carbocycles. The topological polar surface area (TPSA) is 41.6 Å². The summed E-state index contributed by atoms with van der Waals surface area (Å²) in [6.07, 6.45) is 2.36. The Morgan fingerprint density at radius 3 is 2.87 bits per heavy atom. The van der Waals surface area contributed by atoms with Crippen molar-refractivity contribution in [3.63, 3.8) is 0 Å². The van der Waals surface area contributed by atoms with Crippen LogP contribution in [0.3, 0.4) is 0 Å². The smallest absolute Gasteiger partial charge is 0.261 e. The number of fused-ring (bicyclic) bond motifs is 3. The Kier molecular flexibility index (Phi) is 5.56. The fourth-order valence-electron chi connectivity index (χ4n) is 4.44. The average molecular weight is 419 g/mol. The van der Waals surface area contributed by atoms with Crippen LogP contribution in [0.1, 0.15) is 33.6 Å². The number of hydrogen-bond donors (Lipinski definition) is 1. The number of carbonyl (C=O) groups excluding carboxylic acids is 1. The predicted molar refractivity (Wildman–Crippen MR) is 121 cm³/mol. The second-order valence-electron chi connectivity index (χ2n) is 8.19. The number of piperidine rings is 1. The van der Waals surface area contributed by atoms with Crippen LogP contribution < -0.4 is 10.1 Å². The van der Waals surface area contributed by atoms with Gasteiger partial charge in [-0.25, -0.2) is 0 Å². The molecule has 1 N–H and O–H groups in total. The van der Waals surface area contributed by atoms with Crippen LogP contribution in [-0.2, 0) is 13.2 Å². The highest BCUT2D eigenvalue weighted by atomic mass is 32.1. The summed E-state index contributed by atoms with van der Waals surface area (Å²) >= 11 is 1.57. The van der Waals surface area contributed by atoms with E-state index in [4.69, 9.17) is 4.74 Å². The summed E-state index contributed by atoms with van der Waals surface area (Å²) in [6.45, 7) is 4.43. The standard InChI is InChI=1S/C25H26N2O2S/c28-25(23-13-20-17-29-22-11-5-4-10-21(22)24(20)30-23)26-14-19-9-6-12-27(16-19)15-18-7-2-1-3-8-18/h1-5,7-8,10-11,13,19H,6,9,12,14-17H2,(H,26,28). The van der Waals surface area contributed by atoms with Crippen molar-refractivity contribution in [1.82, 2.24) is 10.2 Å². The lowest BCUT2D eigenvalue weighted by Gasteiger charge is -2.32. The van der Waals surface area contributed by atoms with E-state index >= 15 is 0 Å². The van der Waals surface area contributed by atoms with Crippen LogP contribution in [0.15, 0.2) is 60.7 Å². The molecular formula is C25H26N2O2S. The summed E-state index contributed by atoms with van der Waals surface area (Å²) in [6, 6.07) is 20.7. The van der Waals surface area contributed by atoms with Crippen LogP contribution >= 0.6 is 11.3 Å². The van der Waals surface area contributed by atoms with Gasteiger partial charge >= 0.3 is 0 Å². The summed E-state index contributed by atoms with van der Waals surface area (Å²) < 4.78 is 5.83. The number of hydrogen-bond acceptors (Lipinski definition) is 4. The first-order valence-corrected chi connectivity index (χ1v) is 11.5. The van der Waals surface area contributed by atoms with Gasteiger partial charge in [-0.1, -0.05) is 42.5 Å². The minimum Gasteiger partial charge on any atom is -0.488 e. The van der Waals surface area contributed by atoms with Gasteiger partial charge in [0.1, 0.15) is 12.4 Å². The van der Waals surface area contributed by atoms with Gasteiger partial charge in [-0.2, -0.15) is 0 Å². The van der Waals surface area contributed by atoms with Crippen LogP contribution in [-0.4, -0.2) is 30.4 Å². The van der Waals surface area contributed by atoms with Gasteiger partial charge in [0.2, 0.25) is 0 Å². The zero-order valence-corrected chi connectivity index (χ0v) is 17.8. The predicted octanol–water partition coefficient (Wildman–Crippen LogP) is 4.95. The van der Waals surface area contributed by atoms with Gasteiger partial charge in [0.25, 0.3) is 5.91 Å². The second-order valence-corrected chi connectivity index (χ2v) is 9.24. The Morgan fingerprint density at radius 2 is 1.97 bits per heavy atom. The van der Waals surface area contributed by atoms with Gasteiger partial charge in [0.15, 0.2) is 0 Å². The van der Waals surface area contributed by atoms with E-state index in [1.165, 1.54) is 18.4 Å². The molecule has 1 amide bonds. The van der Waals surface area contributed by atoms with Gasteiger partial charge in [-0.15, -0.1) is 11.3 Å². The molecule has 1 fully saturated rings. The summed E-state index contributed by atoms with van der Waals surface area (Å²) in [5.41, 5.74) is 3.55. The number of ether oxygens (including phenoxy) is 1. The van der Waals surface area contributed by atoms with Crippen molar-refractivity contribution >= 4 is 17.2 Å². The Balaban J connectivity index is 1.19. The zero-order chi connectivity index (χ0) is 20.3. The highest BCUT2D eigenvalue weighted by molar-refractivity contribution is 7.17. The Hall–Kier alpha value is -2.63. The number of likely N-dealkylation sites (tertiary alicyclic amines) is 1. The SMILES string of the molecule is O=C(NCC1CCCN(Cc2ccccc2)C1)c1cc2c(s1)-c1ccccc1OC2. The first kappa shape index (κ1) is 19.3. The molecule has 0 radical (unpaired) electrons. The van der Waals surface area contributed by atoms with E-state index in [9.17, 15) is 4.79 Å². The Labute approximate surface area is 181 Å². The monoisotopic (exact) mass is 418 g/mol. The maximum absolute atomic E-state index is 12.8. The quantitative estimate of drug-likeness (QED) is 0.637. The minimum atomic E-state index is 0.0343. The molecule has 1 saturated heterocycles. The molecule has 1 atom stereocenters. The van der Waals surface area contributed by atoms with Crippen molar-refractivity contribution in [2.45, 2.75) is 26.0 Å². The molecule has 1 unspecified atom stereocenters. The molecule has 0 bridgehead atoms. The number of amides is 1. The van der Waals surface area contributed by atoms with Crippen LogP contribution in [0.5, 0.6) is 5.75 Å². The van der Waals surface area contributed by atoms with Crippen molar-refractivity contribution in [2.75, 3.05) is 19.6 Å². The van der Waals surface area contributed by atoms with Gasteiger partial charge < -0.3 is 10.1 Å². The van der Waals surface area contributed by atoms with Gasteiger partial charge in [0.05, 0.1) is 4.88 Å². The molecule has 0 spiro atoms. The number of nitrogens with one attached hydrogen (secondary N) is 1. The minimum absolute atomic E-state index is 0.0343. The van der Waals surface area contributed by atoms with Crippen LogP contribution in [0.25, 0.3) is 10.4 Å². The van der Waals surface area contributed by atoms with Crippen molar-refractivity contribution < 1.29 is 9.53 Å². The van der Waals surface area contributed by atoms with Gasteiger partial charge in [-0.3, -0.25) is 9.69 Å². The molecule has 2 aromatic carbocycles. The van der Waals surface area contributed by atoms with Crippen molar-refractivity contribution in [3.8, 4) is 16.2 Å². The van der Waals surface area contributed by atoms with Crippen LogP contribution in [0, 0.1) is 5.92 Å².